The third kappa shape index (κ3) is 5.56. The zero-order valence-corrected chi connectivity index (χ0v) is 16.9. The second kappa shape index (κ2) is 10.8. The lowest BCUT2D eigenvalue weighted by molar-refractivity contribution is 0.221. The van der Waals surface area contributed by atoms with Crippen LogP contribution in [-0.4, -0.2) is 13.2 Å². The second-order valence-corrected chi connectivity index (χ2v) is 12.1. The van der Waals surface area contributed by atoms with Crippen molar-refractivity contribution in [1.82, 2.24) is 0 Å². The van der Waals surface area contributed by atoms with Crippen LogP contribution in [0.15, 0.2) is 35.5 Å². The second-order valence-electron chi connectivity index (χ2n) is 6.81. The first kappa shape index (κ1) is 21.1. The molecular weight excluding hydrogens is 315 g/mol. The summed E-state index contributed by atoms with van der Waals surface area (Å²) in [6.45, 7) is 8.98. The number of benzene rings is 1. The van der Waals surface area contributed by atoms with Crippen molar-refractivity contribution in [1.29, 1.82) is 0 Å². The van der Waals surface area contributed by atoms with Gasteiger partial charge >= 0.3 is 0 Å². The highest BCUT2D eigenvalue weighted by Crippen LogP contribution is 2.37. The number of halogens is 1. The average Bonchev–Trinajstić information content (AvgIpc) is 2.61. The highest BCUT2D eigenvalue weighted by atomic mass is 28.3. The molecule has 1 N–H and O–H groups in total. The first-order valence-electron chi connectivity index (χ1n) is 9.68. The average molecular weight is 351 g/mol. The van der Waals surface area contributed by atoms with Gasteiger partial charge in [-0.3, -0.25) is 0 Å². The summed E-state index contributed by atoms with van der Waals surface area (Å²) in [5.41, 5.74) is 0.696. The van der Waals surface area contributed by atoms with Crippen LogP contribution in [0.25, 0.3) is 0 Å². The van der Waals surface area contributed by atoms with Crippen molar-refractivity contribution in [2.45, 2.75) is 84.0 Å². The first-order chi connectivity index (χ1) is 11.5. The van der Waals surface area contributed by atoms with Crippen molar-refractivity contribution in [3.8, 4) is 0 Å². The van der Waals surface area contributed by atoms with Crippen molar-refractivity contribution in [2.24, 2.45) is 0 Å². The van der Waals surface area contributed by atoms with E-state index in [1.165, 1.54) is 43.0 Å². The summed E-state index contributed by atoms with van der Waals surface area (Å²) in [4.78, 5) is 0. The van der Waals surface area contributed by atoms with E-state index >= 15 is 0 Å². The lowest BCUT2D eigenvalue weighted by Gasteiger charge is -2.34. The van der Waals surface area contributed by atoms with Crippen LogP contribution >= 0.6 is 0 Å². The topological polar surface area (TPSA) is 20.2 Å². The van der Waals surface area contributed by atoms with E-state index in [2.05, 4.69) is 33.8 Å². The van der Waals surface area contributed by atoms with Crippen molar-refractivity contribution in [3.05, 3.63) is 46.9 Å². The third-order valence-corrected chi connectivity index (χ3v) is 11.3. The van der Waals surface area contributed by atoms with Crippen LogP contribution in [0.1, 0.15) is 71.5 Å². The standard InChI is InChI=1S/C21H35FOSi/c1-5-9-10-11-12-16-20(24(6-2,7-3)8-4)21(23)18-14-13-15-19(22)17-18/h13-17,21,23H,5-12H2,1-4H3/b20-16+. The third-order valence-electron chi connectivity index (χ3n) is 5.52. The van der Waals surface area contributed by atoms with Gasteiger partial charge in [-0.2, -0.15) is 0 Å². The predicted molar refractivity (Wildman–Crippen MR) is 105 cm³/mol. The molecule has 1 unspecified atom stereocenters. The van der Waals surface area contributed by atoms with Gasteiger partial charge < -0.3 is 5.11 Å². The molecule has 1 aromatic rings. The van der Waals surface area contributed by atoms with E-state index < -0.39 is 14.2 Å². The number of aliphatic hydroxyl groups is 1. The van der Waals surface area contributed by atoms with Gasteiger partial charge in [0.15, 0.2) is 0 Å². The Morgan fingerprint density at radius 2 is 1.75 bits per heavy atom. The number of hydrogen-bond acceptors (Lipinski definition) is 1. The van der Waals surface area contributed by atoms with E-state index in [1.807, 2.05) is 6.07 Å². The van der Waals surface area contributed by atoms with Crippen LogP contribution in [0.4, 0.5) is 4.39 Å². The Morgan fingerprint density at radius 1 is 1.08 bits per heavy atom. The molecule has 1 atom stereocenters. The molecule has 0 fully saturated rings. The minimum Gasteiger partial charge on any atom is -0.384 e. The van der Waals surface area contributed by atoms with E-state index in [1.54, 1.807) is 6.07 Å². The summed E-state index contributed by atoms with van der Waals surface area (Å²) in [6.07, 6.45) is 7.60. The molecule has 0 saturated carbocycles. The van der Waals surface area contributed by atoms with Gasteiger partial charge in [0.25, 0.3) is 0 Å². The Bertz CT molecular complexity index is 500. The van der Waals surface area contributed by atoms with Gasteiger partial charge in [0, 0.05) is 0 Å². The molecule has 0 bridgehead atoms. The van der Waals surface area contributed by atoms with Crippen LogP contribution in [0, 0.1) is 5.82 Å². The monoisotopic (exact) mass is 350 g/mol. The van der Waals surface area contributed by atoms with E-state index in [0.29, 0.717) is 5.56 Å². The number of allylic oxidation sites excluding steroid dienone is 1. The van der Waals surface area contributed by atoms with E-state index in [9.17, 15) is 9.50 Å². The Balaban J connectivity index is 3.09. The summed E-state index contributed by atoms with van der Waals surface area (Å²) < 4.78 is 13.6. The molecule has 0 heterocycles. The zero-order chi connectivity index (χ0) is 18.0. The minimum absolute atomic E-state index is 0.273. The maximum atomic E-state index is 13.6. The Labute approximate surface area is 149 Å². The summed E-state index contributed by atoms with van der Waals surface area (Å²) in [6, 6.07) is 9.86. The van der Waals surface area contributed by atoms with Gasteiger partial charge in [0.05, 0.1) is 14.2 Å². The normalized spacial score (nSPS) is 14.0. The van der Waals surface area contributed by atoms with Gasteiger partial charge in [-0.1, -0.05) is 88.5 Å². The lowest BCUT2D eigenvalue weighted by atomic mass is 10.1. The van der Waals surface area contributed by atoms with Crippen molar-refractivity contribution in [3.63, 3.8) is 0 Å². The summed E-state index contributed by atoms with van der Waals surface area (Å²) in [5, 5.41) is 12.3. The van der Waals surface area contributed by atoms with Crippen LogP contribution in [0.2, 0.25) is 18.1 Å². The predicted octanol–water partition coefficient (Wildman–Crippen LogP) is 6.80. The number of unbranched alkanes of at least 4 members (excludes halogenated alkanes) is 4. The first-order valence-corrected chi connectivity index (χ1v) is 12.3. The van der Waals surface area contributed by atoms with Crippen LogP contribution < -0.4 is 0 Å². The molecular formula is C21H35FOSi. The Kier molecular flexibility index (Phi) is 9.53. The summed E-state index contributed by atoms with van der Waals surface area (Å²) in [5.74, 6) is -0.273. The molecule has 3 heteroatoms. The van der Waals surface area contributed by atoms with Gasteiger partial charge in [-0.25, -0.2) is 4.39 Å². The highest BCUT2D eigenvalue weighted by Gasteiger charge is 2.35. The van der Waals surface area contributed by atoms with Crippen LogP contribution in [0.5, 0.6) is 0 Å². The summed E-state index contributed by atoms with van der Waals surface area (Å²) in [7, 11) is -1.69. The molecule has 24 heavy (non-hydrogen) atoms. The molecule has 136 valence electrons. The lowest BCUT2D eigenvalue weighted by Crippen LogP contribution is -2.37. The smallest absolute Gasteiger partial charge is 0.123 e. The zero-order valence-electron chi connectivity index (χ0n) is 15.9. The Morgan fingerprint density at radius 3 is 2.29 bits per heavy atom. The number of hydrogen-bond donors (Lipinski definition) is 1. The molecule has 0 aromatic heterocycles. The van der Waals surface area contributed by atoms with Gasteiger partial charge in [0.2, 0.25) is 0 Å². The van der Waals surface area contributed by atoms with E-state index in [4.69, 9.17) is 0 Å². The fraction of sp³-hybridized carbons (Fsp3) is 0.619. The Hall–Kier alpha value is -0.933. The van der Waals surface area contributed by atoms with E-state index in [0.717, 1.165) is 24.6 Å². The van der Waals surface area contributed by atoms with Crippen molar-refractivity contribution in [2.75, 3.05) is 0 Å². The maximum absolute atomic E-state index is 13.6. The molecule has 0 aliphatic heterocycles. The van der Waals surface area contributed by atoms with Gasteiger partial charge in [-0.05, 0) is 30.5 Å². The van der Waals surface area contributed by atoms with Crippen LogP contribution in [0.3, 0.4) is 0 Å². The van der Waals surface area contributed by atoms with Crippen LogP contribution in [-0.2, 0) is 0 Å². The molecule has 0 saturated heterocycles. The largest absolute Gasteiger partial charge is 0.384 e. The maximum Gasteiger partial charge on any atom is 0.123 e. The molecule has 0 aliphatic carbocycles. The molecule has 0 radical (unpaired) electrons. The van der Waals surface area contributed by atoms with E-state index in [-0.39, 0.29) is 5.82 Å². The molecule has 1 rings (SSSR count). The number of aliphatic hydroxyl groups excluding tert-OH is 1. The van der Waals surface area contributed by atoms with Gasteiger partial charge in [-0.15, -0.1) is 0 Å². The molecule has 1 nitrogen and oxygen atoms in total. The van der Waals surface area contributed by atoms with Gasteiger partial charge in [0.1, 0.15) is 5.82 Å². The van der Waals surface area contributed by atoms with Crippen molar-refractivity contribution < 1.29 is 9.50 Å². The molecule has 0 spiro atoms. The fourth-order valence-electron chi connectivity index (χ4n) is 3.67. The highest BCUT2D eigenvalue weighted by molar-refractivity contribution is 6.86. The fourth-order valence-corrected chi connectivity index (χ4v) is 7.71. The minimum atomic E-state index is -1.69. The number of rotatable bonds is 11. The quantitative estimate of drug-likeness (QED) is 0.343. The molecule has 0 aliphatic rings. The summed E-state index contributed by atoms with van der Waals surface area (Å²) >= 11 is 0. The molecule has 1 aromatic carbocycles. The SMILES string of the molecule is CCCCCC/C=C(\C(O)c1cccc(F)c1)[Si](CC)(CC)CC. The molecule has 0 amide bonds. The van der Waals surface area contributed by atoms with Crippen molar-refractivity contribution >= 4 is 8.07 Å².